The van der Waals surface area contributed by atoms with Gasteiger partial charge < -0.3 is 10.3 Å². The van der Waals surface area contributed by atoms with E-state index in [2.05, 4.69) is 15.0 Å². The zero-order valence-electron chi connectivity index (χ0n) is 13.0. The van der Waals surface area contributed by atoms with Crippen LogP contribution in [0.15, 0.2) is 54.7 Å². The molecule has 1 amide bonds. The van der Waals surface area contributed by atoms with Crippen LogP contribution >= 0.6 is 0 Å². The zero-order valence-corrected chi connectivity index (χ0v) is 13.9. The van der Waals surface area contributed by atoms with E-state index in [-0.39, 0.29) is 5.91 Å². The van der Waals surface area contributed by atoms with Crippen molar-refractivity contribution < 1.29 is 13.2 Å². The number of fused-ring (bicyclic) bond motifs is 1. The summed E-state index contributed by atoms with van der Waals surface area (Å²) in [5.74, 6) is -0.156. The number of carbonyl (C=O) groups is 1. The molecule has 0 aliphatic rings. The first kappa shape index (κ1) is 16.1. The molecule has 0 spiro atoms. The Bertz CT molecular complexity index is 976. The summed E-state index contributed by atoms with van der Waals surface area (Å²) in [4.78, 5) is 15.3. The average Bonchev–Trinajstić information content (AvgIpc) is 3.00. The van der Waals surface area contributed by atoms with Gasteiger partial charge in [-0.05, 0) is 42.0 Å². The van der Waals surface area contributed by atoms with Gasteiger partial charge in [-0.15, -0.1) is 0 Å². The van der Waals surface area contributed by atoms with Crippen LogP contribution in [0.1, 0.15) is 15.9 Å². The number of aromatic nitrogens is 1. The predicted octanol–water partition coefficient (Wildman–Crippen LogP) is 2.47. The van der Waals surface area contributed by atoms with E-state index >= 15 is 0 Å². The van der Waals surface area contributed by atoms with Crippen LogP contribution in [0.25, 0.3) is 10.9 Å². The molecule has 0 fully saturated rings. The highest BCUT2D eigenvalue weighted by Gasteiger charge is 2.07. The Morgan fingerprint density at radius 2 is 1.83 bits per heavy atom. The van der Waals surface area contributed by atoms with Gasteiger partial charge in [0.05, 0.1) is 6.26 Å². The number of hydrogen-bond acceptors (Lipinski definition) is 3. The highest BCUT2D eigenvalue weighted by Crippen LogP contribution is 2.15. The Morgan fingerprint density at radius 1 is 1.08 bits per heavy atom. The molecule has 0 bridgehead atoms. The molecule has 1 aromatic heterocycles. The summed E-state index contributed by atoms with van der Waals surface area (Å²) in [5, 5.41) is 3.84. The maximum Gasteiger partial charge on any atom is 0.251 e. The summed E-state index contributed by atoms with van der Waals surface area (Å²) in [6.45, 7) is 0.364. The summed E-state index contributed by atoms with van der Waals surface area (Å²) in [6.07, 6.45) is 2.93. The number of anilines is 1. The fraction of sp³-hybridized carbons (Fsp3) is 0.118. The van der Waals surface area contributed by atoms with Crippen LogP contribution in [0.3, 0.4) is 0 Å². The molecular weight excluding hydrogens is 326 g/mol. The summed E-state index contributed by atoms with van der Waals surface area (Å²) >= 11 is 0. The standard InChI is InChI=1S/C17H17N3O3S/c1-24(22,23)20-15-5-2-12(3-6-15)11-19-17(21)14-4-7-16-13(10-14)8-9-18-16/h2-10,18,20H,11H2,1H3,(H,19,21). The minimum Gasteiger partial charge on any atom is -0.361 e. The van der Waals surface area contributed by atoms with Gasteiger partial charge in [0.1, 0.15) is 0 Å². The van der Waals surface area contributed by atoms with Gasteiger partial charge in [-0.1, -0.05) is 12.1 Å². The molecule has 0 unspecified atom stereocenters. The largest absolute Gasteiger partial charge is 0.361 e. The second-order valence-electron chi connectivity index (χ2n) is 5.53. The lowest BCUT2D eigenvalue weighted by Gasteiger charge is -2.08. The Kier molecular flexibility index (Phi) is 4.26. The van der Waals surface area contributed by atoms with Crippen molar-refractivity contribution in [2.24, 2.45) is 0 Å². The molecule has 0 saturated carbocycles. The fourth-order valence-electron chi connectivity index (χ4n) is 2.38. The quantitative estimate of drug-likeness (QED) is 0.664. The summed E-state index contributed by atoms with van der Waals surface area (Å²) < 4.78 is 24.7. The van der Waals surface area contributed by atoms with E-state index in [1.165, 1.54) is 0 Å². The number of amides is 1. The van der Waals surface area contributed by atoms with E-state index in [4.69, 9.17) is 0 Å². The Hall–Kier alpha value is -2.80. The van der Waals surface area contributed by atoms with E-state index in [0.29, 0.717) is 17.8 Å². The van der Waals surface area contributed by atoms with Crippen molar-refractivity contribution in [3.8, 4) is 0 Å². The van der Waals surface area contributed by atoms with Gasteiger partial charge >= 0.3 is 0 Å². The summed E-state index contributed by atoms with van der Waals surface area (Å²) in [7, 11) is -3.29. The lowest BCUT2D eigenvalue weighted by molar-refractivity contribution is 0.0951. The molecule has 7 heteroatoms. The number of aromatic amines is 1. The average molecular weight is 343 g/mol. The molecule has 1 heterocycles. The highest BCUT2D eigenvalue weighted by molar-refractivity contribution is 7.92. The molecule has 0 radical (unpaired) electrons. The van der Waals surface area contributed by atoms with Crippen molar-refractivity contribution >= 4 is 32.5 Å². The molecule has 0 aliphatic carbocycles. The van der Waals surface area contributed by atoms with Crippen molar-refractivity contribution in [1.29, 1.82) is 0 Å². The maximum atomic E-state index is 12.2. The fourth-order valence-corrected chi connectivity index (χ4v) is 2.95. The van der Waals surface area contributed by atoms with Crippen molar-refractivity contribution in [3.63, 3.8) is 0 Å². The van der Waals surface area contributed by atoms with Gasteiger partial charge in [0, 0.05) is 34.9 Å². The molecule has 3 aromatic rings. The molecule has 0 atom stereocenters. The molecule has 24 heavy (non-hydrogen) atoms. The first-order valence-electron chi connectivity index (χ1n) is 7.33. The van der Waals surface area contributed by atoms with Crippen LogP contribution in [0.2, 0.25) is 0 Å². The van der Waals surface area contributed by atoms with E-state index < -0.39 is 10.0 Å². The molecule has 0 saturated heterocycles. The van der Waals surface area contributed by atoms with Gasteiger partial charge in [-0.2, -0.15) is 0 Å². The summed E-state index contributed by atoms with van der Waals surface area (Å²) in [6, 6.07) is 14.2. The maximum absolute atomic E-state index is 12.2. The highest BCUT2D eigenvalue weighted by atomic mass is 32.2. The third-order valence-electron chi connectivity index (χ3n) is 3.53. The Labute approximate surface area is 139 Å². The van der Waals surface area contributed by atoms with Crippen LogP contribution < -0.4 is 10.0 Å². The Morgan fingerprint density at radius 3 is 2.54 bits per heavy atom. The monoisotopic (exact) mass is 343 g/mol. The van der Waals surface area contributed by atoms with Crippen LogP contribution in [0, 0.1) is 0 Å². The second kappa shape index (κ2) is 6.37. The van der Waals surface area contributed by atoms with Gasteiger partial charge in [0.25, 0.3) is 5.91 Å². The number of hydrogen-bond donors (Lipinski definition) is 3. The number of sulfonamides is 1. The second-order valence-corrected chi connectivity index (χ2v) is 7.28. The first-order chi connectivity index (χ1) is 11.4. The van der Waals surface area contributed by atoms with E-state index in [1.807, 2.05) is 24.4 Å². The zero-order chi connectivity index (χ0) is 17.2. The topological polar surface area (TPSA) is 91.1 Å². The molecular formula is C17H17N3O3S. The van der Waals surface area contributed by atoms with Gasteiger partial charge in [-0.3, -0.25) is 9.52 Å². The molecule has 2 aromatic carbocycles. The van der Waals surface area contributed by atoms with Crippen LogP contribution in [0.5, 0.6) is 0 Å². The normalized spacial score (nSPS) is 11.4. The number of carbonyl (C=O) groups excluding carboxylic acids is 1. The number of nitrogens with one attached hydrogen (secondary N) is 3. The molecule has 3 N–H and O–H groups in total. The van der Waals surface area contributed by atoms with Crippen LogP contribution in [0.4, 0.5) is 5.69 Å². The van der Waals surface area contributed by atoms with Crippen molar-refractivity contribution in [3.05, 3.63) is 65.9 Å². The molecule has 124 valence electrons. The molecule has 3 rings (SSSR count). The first-order valence-corrected chi connectivity index (χ1v) is 9.22. The van der Waals surface area contributed by atoms with Gasteiger partial charge in [0.2, 0.25) is 10.0 Å². The van der Waals surface area contributed by atoms with Gasteiger partial charge in [-0.25, -0.2) is 8.42 Å². The minimum absolute atomic E-state index is 0.156. The van der Waals surface area contributed by atoms with E-state index in [1.54, 1.807) is 30.3 Å². The van der Waals surface area contributed by atoms with Crippen LogP contribution in [-0.4, -0.2) is 25.6 Å². The van der Waals surface area contributed by atoms with Crippen molar-refractivity contribution in [2.75, 3.05) is 11.0 Å². The molecule has 6 nitrogen and oxygen atoms in total. The SMILES string of the molecule is CS(=O)(=O)Nc1ccc(CNC(=O)c2ccc3[nH]ccc3c2)cc1. The Balaban J connectivity index is 1.63. The lowest BCUT2D eigenvalue weighted by Crippen LogP contribution is -2.22. The van der Waals surface area contributed by atoms with Crippen LogP contribution in [-0.2, 0) is 16.6 Å². The van der Waals surface area contributed by atoms with Crippen molar-refractivity contribution in [2.45, 2.75) is 6.54 Å². The minimum atomic E-state index is -3.29. The third kappa shape index (κ3) is 3.94. The molecule has 0 aliphatic heterocycles. The van der Waals surface area contributed by atoms with Crippen molar-refractivity contribution in [1.82, 2.24) is 10.3 Å². The predicted molar refractivity (Wildman–Crippen MR) is 94.4 cm³/mol. The number of H-pyrrole nitrogens is 1. The number of benzene rings is 2. The summed E-state index contributed by atoms with van der Waals surface area (Å²) in [5.41, 5.74) is 2.95. The number of rotatable bonds is 5. The third-order valence-corrected chi connectivity index (χ3v) is 4.13. The van der Waals surface area contributed by atoms with E-state index in [0.717, 1.165) is 22.7 Å². The van der Waals surface area contributed by atoms with Gasteiger partial charge in [0.15, 0.2) is 0 Å². The lowest BCUT2D eigenvalue weighted by atomic mass is 10.1. The van der Waals surface area contributed by atoms with E-state index in [9.17, 15) is 13.2 Å². The smallest absolute Gasteiger partial charge is 0.251 e.